The molecule has 4 N–H and O–H groups in total. The minimum Gasteiger partial charge on any atom is -0.444 e. The fourth-order valence-corrected chi connectivity index (χ4v) is 6.15. The number of amidine groups is 1. The van der Waals surface area contributed by atoms with Crippen LogP contribution in [-0.4, -0.2) is 78.6 Å². The molecular formula is C33H38ClF4N7O5S2. The summed E-state index contributed by atoms with van der Waals surface area (Å²) in [5.41, 5.74) is 6.17. The zero-order valence-electron chi connectivity index (χ0n) is 28.8. The molecular weight excluding hydrogens is 750 g/mol. The highest BCUT2D eigenvalue weighted by Gasteiger charge is 2.29. The molecule has 52 heavy (non-hydrogen) atoms. The van der Waals surface area contributed by atoms with Crippen LogP contribution >= 0.6 is 23.4 Å². The van der Waals surface area contributed by atoms with Gasteiger partial charge in [-0.05, 0) is 63.3 Å². The van der Waals surface area contributed by atoms with Crippen LogP contribution in [0, 0.1) is 11.6 Å². The van der Waals surface area contributed by atoms with Crippen LogP contribution in [0.1, 0.15) is 43.6 Å². The van der Waals surface area contributed by atoms with Gasteiger partial charge in [-0.3, -0.25) is 0 Å². The van der Waals surface area contributed by atoms with E-state index in [1.807, 2.05) is 6.26 Å². The van der Waals surface area contributed by atoms with Gasteiger partial charge >= 0.3 is 6.09 Å². The van der Waals surface area contributed by atoms with Gasteiger partial charge in [-0.25, -0.2) is 40.4 Å². The molecule has 0 aliphatic rings. The Morgan fingerprint density at radius 3 is 2.44 bits per heavy atom. The first-order valence-electron chi connectivity index (χ1n) is 15.6. The Morgan fingerprint density at radius 2 is 1.83 bits per heavy atom. The maximum absolute atomic E-state index is 14.4. The number of nitrogens with two attached hydrogens (primary N) is 1. The second kappa shape index (κ2) is 17.1. The van der Waals surface area contributed by atoms with Crippen LogP contribution in [0.2, 0.25) is 5.02 Å². The lowest BCUT2D eigenvalue weighted by Gasteiger charge is -2.26. The van der Waals surface area contributed by atoms with Crippen molar-refractivity contribution in [2.24, 2.45) is 10.1 Å². The van der Waals surface area contributed by atoms with E-state index in [1.165, 1.54) is 23.0 Å². The monoisotopic (exact) mass is 787 g/mol. The van der Waals surface area contributed by atoms with E-state index in [9.17, 15) is 30.8 Å². The van der Waals surface area contributed by atoms with Crippen molar-refractivity contribution in [2.45, 2.75) is 52.0 Å². The van der Waals surface area contributed by atoms with Crippen molar-refractivity contribution >= 4 is 62.0 Å². The molecule has 2 heterocycles. The van der Waals surface area contributed by atoms with Gasteiger partial charge in [0.15, 0.2) is 0 Å². The summed E-state index contributed by atoms with van der Waals surface area (Å²) < 4.78 is 96.8. The van der Waals surface area contributed by atoms with Gasteiger partial charge in [0.05, 0.1) is 59.1 Å². The Bertz CT molecular complexity index is 2040. The lowest BCUT2D eigenvalue weighted by atomic mass is 9.92. The molecule has 2 aromatic heterocycles. The number of alkyl halides is 2. The summed E-state index contributed by atoms with van der Waals surface area (Å²) in [4.78, 5) is 18.1. The minimum atomic E-state index is -4.08. The highest BCUT2D eigenvalue weighted by atomic mass is 35.5. The standard InChI is InChI=1S/C33H38ClF4N7O5S2/c1-33(2,3)50-32(46)43-24(12-18-10-19(35)13-20(36)11-18)29-22(14-26-25(42-29)15-41-45(26)17-49-8-9-51-4)21-6-7-23(34)28(30(21)40-16-27(37)38)31(39)44-52(5,47)48/h6-7,10-11,13-15,24,27,40H,8-9,12,16-17H2,1-5H3,(H2,39,44)(H,43,46). The van der Waals surface area contributed by atoms with Crippen LogP contribution in [0.5, 0.6) is 0 Å². The summed E-state index contributed by atoms with van der Waals surface area (Å²) in [5, 5.41) is 9.63. The maximum atomic E-state index is 14.4. The average Bonchev–Trinajstić information content (AvgIpc) is 3.40. The van der Waals surface area contributed by atoms with E-state index in [2.05, 4.69) is 20.1 Å². The Labute approximate surface area is 307 Å². The number of thioether (sulfide) groups is 1. The molecule has 0 fully saturated rings. The molecule has 0 aliphatic carbocycles. The number of hydrogen-bond donors (Lipinski definition) is 3. The average molecular weight is 788 g/mol. The molecule has 4 rings (SSSR count). The van der Waals surface area contributed by atoms with E-state index < -0.39 is 58.2 Å². The number of benzene rings is 2. The van der Waals surface area contributed by atoms with Gasteiger partial charge in [0.1, 0.15) is 35.3 Å². The molecule has 2 aromatic carbocycles. The summed E-state index contributed by atoms with van der Waals surface area (Å²) in [6, 6.07) is 6.15. The predicted octanol–water partition coefficient (Wildman–Crippen LogP) is 6.52. The fourth-order valence-electron chi connectivity index (χ4n) is 5.17. The molecule has 0 aliphatic heterocycles. The zero-order valence-corrected chi connectivity index (χ0v) is 31.2. The first-order chi connectivity index (χ1) is 24.3. The maximum Gasteiger partial charge on any atom is 0.408 e. The van der Waals surface area contributed by atoms with E-state index in [-0.39, 0.29) is 51.8 Å². The van der Waals surface area contributed by atoms with Crippen LogP contribution in [0.3, 0.4) is 0 Å². The van der Waals surface area contributed by atoms with E-state index in [0.29, 0.717) is 29.5 Å². The molecule has 0 bridgehead atoms. The highest BCUT2D eigenvalue weighted by Crippen LogP contribution is 2.40. The molecule has 12 nitrogen and oxygen atoms in total. The Balaban J connectivity index is 2.06. The van der Waals surface area contributed by atoms with Crippen molar-refractivity contribution < 1.29 is 40.2 Å². The molecule has 1 unspecified atom stereocenters. The van der Waals surface area contributed by atoms with Crippen molar-refractivity contribution in [1.82, 2.24) is 20.1 Å². The van der Waals surface area contributed by atoms with Crippen molar-refractivity contribution in [2.75, 3.05) is 36.7 Å². The van der Waals surface area contributed by atoms with Crippen molar-refractivity contribution in [1.29, 1.82) is 0 Å². The van der Waals surface area contributed by atoms with Crippen LogP contribution in [0.25, 0.3) is 22.2 Å². The number of aromatic nitrogens is 3. The number of fused-ring (bicyclic) bond motifs is 1. The Morgan fingerprint density at radius 1 is 1.13 bits per heavy atom. The van der Waals surface area contributed by atoms with E-state index in [0.717, 1.165) is 18.4 Å². The summed E-state index contributed by atoms with van der Waals surface area (Å²) in [6.45, 7) is 4.45. The number of anilines is 1. The Kier molecular flexibility index (Phi) is 13.4. The first kappa shape index (κ1) is 40.6. The van der Waals surface area contributed by atoms with Crippen LogP contribution in [0.4, 0.5) is 28.0 Å². The van der Waals surface area contributed by atoms with Gasteiger partial charge in [-0.15, -0.1) is 4.40 Å². The molecule has 4 aromatic rings. The van der Waals surface area contributed by atoms with Crippen LogP contribution in [0.15, 0.2) is 47.0 Å². The van der Waals surface area contributed by atoms with Gasteiger partial charge in [0.2, 0.25) is 0 Å². The molecule has 0 saturated carbocycles. The van der Waals surface area contributed by atoms with Crippen LogP contribution < -0.4 is 16.4 Å². The summed E-state index contributed by atoms with van der Waals surface area (Å²) in [7, 11) is -4.08. The molecule has 0 radical (unpaired) electrons. The number of nitrogens with one attached hydrogen (secondary N) is 2. The number of carbonyl (C=O) groups is 1. The van der Waals surface area contributed by atoms with E-state index in [1.54, 1.807) is 38.6 Å². The van der Waals surface area contributed by atoms with E-state index in [4.69, 9.17) is 31.8 Å². The number of rotatable bonds is 15. The number of hydrogen-bond acceptors (Lipinski definition) is 9. The number of pyridine rings is 1. The lowest BCUT2D eigenvalue weighted by molar-refractivity contribution is 0.0502. The lowest BCUT2D eigenvalue weighted by Crippen LogP contribution is -2.36. The summed E-state index contributed by atoms with van der Waals surface area (Å²) in [5.74, 6) is -1.60. The number of halogens is 5. The van der Waals surface area contributed by atoms with Gasteiger partial charge < -0.3 is 25.8 Å². The largest absolute Gasteiger partial charge is 0.444 e. The smallest absolute Gasteiger partial charge is 0.408 e. The number of ether oxygens (including phenoxy) is 2. The normalized spacial score (nSPS) is 13.1. The number of sulfonamides is 1. The molecule has 1 atom stereocenters. The third-order valence-corrected chi connectivity index (χ3v) is 8.50. The molecule has 282 valence electrons. The third-order valence-electron chi connectivity index (χ3n) is 7.08. The van der Waals surface area contributed by atoms with Gasteiger partial charge in [-0.2, -0.15) is 16.9 Å². The minimum absolute atomic E-state index is 0.0169. The molecule has 1 amide bonds. The molecule has 19 heteroatoms. The molecule has 0 saturated heterocycles. The first-order valence-corrected chi connectivity index (χ1v) is 19.3. The summed E-state index contributed by atoms with van der Waals surface area (Å²) in [6.07, 6.45) is 0.188. The van der Waals surface area contributed by atoms with Crippen LogP contribution in [-0.2, 0) is 32.6 Å². The number of nitrogens with zero attached hydrogens (tertiary/aromatic N) is 4. The molecule has 0 spiro atoms. The SMILES string of the molecule is CSCCOCn1ncc2nc(C(Cc3cc(F)cc(F)c3)NC(=O)OC(C)(C)C)c(-c3ccc(Cl)c(/C(N)=N/S(C)(=O)=O)c3NCC(F)F)cc21. The van der Waals surface area contributed by atoms with Gasteiger partial charge in [-0.1, -0.05) is 17.7 Å². The summed E-state index contributed by atoms with van der Waals surface area (Å²) >= 11 is 8.09. The predicted molar refractivity (Wildman–Crippen MR) is 195 cm³/mol. The number of amides is 1. The second-order valence-electron chi connectivity index (χ2n) is 12.5. The van der Waals surface area contributed by atoms with Gasteiger partial charge in [0, 0.05) is 22.9 Å². The topological polar surface area (TPSA) is 163 Å². The van der Waals surface area contributed by atoms with Crippen molar-refractivity contribution in [3.8, 4) is 11.1 Å². The highest BCUT2D eigenvalue weighted by molar-refractivity contribution is 7.98. The van der Waals surface area contributed by atoms with Crippen molar-refractivity contribution in [3.63, 3.8) is 0 Å². The third kappa shape index (κ3) is 11.2. The quantitative estimate of drug-likeness (QED) is 0.0524. The number of carbonyl (C=O) groups excluding carboxylic acids is 1. The van der Waals surface area contributed by atoms with Gasteiger partial charge in [0.25, 0.3) is 16.4 Å². The fraction of sp³-hybridized carbons (Fsp3) is 0.394. The van der Waals surface area contributed by atoms with Crippen molar-refractivity contribution in [3.05, 3.63) is 76.1 Å². The zero-order chi connectivity index (χ0) is 38.4. The number of alkyl carbamates (subject to hydrolysis) is 1. The Hall–Kier alpha value is -4.13. The second-order valence-corrected chi connectivity index (χ2v) is 15.5. The van der Waals surface area contributed by atoms with E-state index >= 15 is 0 Å².